The van der Waals surface area contributed by atoms with Gasteiger partial charge in [-0.25, -0.2) is 9.36 Å². The zero-order valence-corrected chi connectivity index (χ0v) is 15.0. The highest BCUT2D eigenvalue weighted by molar-refractivity contribution is 5.63. The molecule has 5 nitrogen and oxygen atoms in total. The number of benzene rings is 2. The molecule has 0 unspecified atom stereocenters. The van der Waals surface area contributed by atoms with Crippen molar-refractivity contribution < 1.29 is 5.11 Å². The summed E-state index contributed by atoms with van der Waals surface area (Å²) in [6.07, 6.45) is 0. The summed E-state index contributed by atoms with van der Waals surface area (Å²) in [5.74, 6) is 0.210. The number of aromatic nitrogens is 4. The first-order chi connectivity index (χ1) is 12.5. The summed E-state index contributed by atoms with van der Waals surface area (Å²) in [5.41, 5.74) is 6.58. The fourth-order valence-electron chi connectivity index (χ4n) is 3.19. The molecule has 26 heavy (non-hydrogen) atoms. The van der Waals surface area contributed by atoms with E-state index in [1.807, 2.05) is 61.9 Å². The van der Waals surface area contributed by atoms with E-state index in [4.69, 9.17) is 5.10 Å². The summed E-state index contributed by atoms with van der Waals surface area (Å²) in [6, 6.07) is 19.4. The Labute approximate surface area is 152 Å². The first-order valence-corrected chi connectivity index (χ1v) is 8.52. The lowest BCUT2D eigenvalue weighted by Gasteiger charge is -2.07. The maximum absolute atomic E-state index is 10.1. The Kier molecular flexibility index (Phi) is 3.84. The van der Waals surface area contributed by atoms with Crippen LogP contribution in [0.4, 0.5) is 0 Å². The summed E-state index contributed by atoms with van der Waals surface area (Å²) in [4.78, 5) is 0. The highest BCUT2D eigenvalue weighted by atomic mass is 16.3. The zero-order chi connectivity index (χ0) is 18.3. The fourth-order valence-corrected chi connectivity index (χ4v) is 3.19. The maximum Gasteiger partial charge on any atom is 0.141 e. The predicted molar refractivity (Wildman–Crippen MR) is 102 cm³/mol. The Morgan fingerprint density at radius 3 is 2.27 bits per heavy atom. The first-order valence-electron chi connectivity index (χ1n) is 8.52. The van der Waals surface area contributed by atoms with Gasteiger partial charge in [-0.3, -0.25) is 0 Å². The summed E-state index contributed by atoms with van der Waals surface area (Å²) in [6.45, 7) is 6.02. The highest BCUT2D eigenvalue weighted by Crippen LogP contribution is 2.27. The number of nitrogens with zero attached hydrogens (tertiary/aromatic N) is 4. The van der Waals surface area contributed by atoms with Crippen LogP contribution >= 0.6 is 0 Å². The lowest BCUT2D eigenvalue weighted by atomic mass is 10.1. The Bertz CT molecular complexity index is 1090. The van der Waals surface area contributed by atoms with Gasteiger partial charge >= 0.3 is 0 Å². The third-order valence-electron chi connectivity index (χ3n) is 4.39. The topological polar surface area (TPSA) is 55.9 Å². The van der Waals surface area contributed by atoms with Gasteiger partial charge in [-0.15, -0.1) is 0 Å². The van der Waals surface area contributed by atoms with E-state index < -0.39 is 0 Å². The van der Waals surface area contributed by atoms with Gasteiger partial charge in [-0.2, -0.15) is 10.2 Å². The number of para-hydroxylation sites is 2. The van der Waals surface area contributed by atoms with E-state index >= 15 is 0 Å². The van der Waals surface area contributed by atoms with Crippen molar-refractivity contribution in [2.24, 2.45) is 0 Å². The van der Waals surface area contributed by atoms with Crippen LogP contribution in [0.15, 0.2) is 60.7 Å². The molecule has 0 atom stereocenters. The van der Waals surface area contributed by atoms with Gasteiger partial charge in [0.2, 0.25) is 0 Å². The van der Waals surface area contributed by atoms with Gasteiger partial charge in [0.1, 0.15) is 11.4 Å². The van der Waals surface area contributed by atoms with Gasteiger partial charge < -0.3 is 5.11 Å². The number of phenols is 1. The first kappa shape index (κ1) is 16.1. The molecule has 0 aliphatic rings. The van der Waals surface area contributed by atoms with Crippen LogP contribution in [0.5, 0.6) is 5.75 Å². The second-order valence-corrected chi connectivity index (χ2v) is 6.46. The molecule has 2 aromatic heterocycles. The minimum atomic E-state index is 0.210. The van der Waals surface area contributed by atoms with E-state index in [9.17, 15) is 5.11 Å². The molecule has 5 heteroatoms. The summed E-state index contributed by atoms with van der Waals surface area (Å²) < 4.78 is 3.70. The van der Waals surface area contributed by atoms with Gasteiger partial charge in [0, 0.05) is 17.0 Å². The molecule has 130 valence electrons. The van der Waals surface area contributed by atoms with Gasteiger partial charge in [-0.05, 0) is 57.2 Å². The maximum atomic E-state index is 10.1. The van der Waals surface area contributed by atoms with Crippen LogP contribution < -0.4 is 0 Å². The van der Waals surface area contributed by atoms with E-state index in [-0.39, 0.29) is 5.75 Å². The number of aromatic hydroxyl groups is 1. The molecule has 0 spiro atoms. The number of aryl methyl sites for hydroxylation is 3. The Morgan fingerprint density at radius 1 is 0.769 bits per heavy atom. The lowest BCUT2D eigenvalue weighted by molar-refractivity contribution is 0.470. The third-order valence-corrected chi connectivity index (χ3v) is 4.39. The summed E-state index contributed by atoms with van der Waals surface area (Å²) in [5, 5.41) is 19.4. The molecular formula is C21H20N4O. The molecule has 0 fully saturated rings. The van der Waals surface area contributed by atoms with Crippen LogP contribution in [0.3, 0.4) is 0 Å². The van der Waals surface area contributed by atoms with Crippen molar-refractivity contribution in [3.63, 3.8) is 0 Å². The fraction of sp³-hybridized carbons (Fsp3) is 0.143. The third kappa shape index (κ3) is 2.77. The van der Waals surface area contributed by atoms with Crippen LogP contribution in [0.2, 0.25) is 0 Å². The van der Waals surface area contributed by atoms with Crippen molar-refractivity contribution in [2.45, 2.75) is 20.8 Å². The molecule has 4 aromatic rings. The van der Waals surface area contributed by atoms with Gasteiger partial charge in [-0.1, -0.05) is 24.3 Å². The quantitative estimate of drug-likeness (QED) is 0.601. The van der Waals surface area contributed by atoms with E-state index in [1.54, 1.807) is 16.8 Å². The van der Waals surface area contributed by atoms with Crippen molar-refractivity contribution >= 4 is 0 Å². The molecule has 0 aliphatic heterocycles. The minimum absolute atomic E-state index is 0.210. The zero-order valence-electron chi connectivity index (χ0n) is 15.0. The SMILES string of the molecule is Cc1cc(C)n(-c2cccc(-c3cc(C)n(-c4ccccc4O)n3)c2)n1. The van der Waals surface area contributed by atoms with E-state index in [2.05, 4.69) is 17.2 Å². The minimum Gasteiger partial charge on any atom is -0.506 e. The number of hydrogen-bond donors (Lipinski definition) is 1. The molecular weight excluding hydrogens is 324 g/mol. The van der Waals surface area contributed by atoms with Crippen molar-refractivity contribution in [1.82, 2.24) is 19.6 Å². The normalized spacial score (nSPS) is 11.0. The van der Waals surface area contributed by atoms with Crippen molar-refractivity contribution in [3.05, 3.63) is 77.7 Å². The Hall–Kier alpha value is -3.34. The molecule has 0 radical (unpaired) electrons. The standard InChI is InChI=1S/C21H20N4O/c1-14-11-15(2)24(22-14)18-8-6-7-17(13-18)19-12-16(3)25(23-19)20-9-4-5-10-21(20)26/h4-13,26H,1-3H3. The molecule has 0 bridgehead atoms. The van der Waals surface area contributed by atoms with Crippen LogP contribution in [-0.2, 0) is 0 Å². The molecule has 0 aliphatic carbocycles. The van der Waals surface area contributed by atoms with Crippen LogP contribution in [0.1, 0.15) is 17.1 Å². The van der Waals surface area contributed by atoms with Crippen molar-refractivity contribution in [3.8, 4) is 28.4 Å². The van der Waals surface area contributed by atoms with E-state index in [0.29, 0.717) is 5.69 Å². The average molecular weight is 344 g/mol. The molecule has 0 saturated carbocycles. The molecule has 1 N–H and O–H groups in total. The number of rotatable bonds is 3. The highest BCUT2D eigenvalue weighted by Gasteiger charge is 2.12. The van der Waals surface area contributed by atoms with Crippen LogP contribution in [0.25, 0.3) is 22.6 Å². The lowest BCUT2D eigenvalue weighted by Crippen LogP contribution is -2.00. The second kappa shape index (κ2) is 6.19. The second-order valence-electron chi connectivity index (χ2n) is 6.46. The van der Waals surface area contributed by atoms with Gasteiger partial charge in [0.25, 0.3) is 0 Å². The number of phenolic OH excluding ortho intramolecular Hbond substituents is 1. The smallest absolute Gasteiger partial charge is 0.141 e. The van der Waals surface area contributed by atoms with Crippen LogP contribution in [-0.4, -0.2) is 24.7 Å². The largest absolute Gasteiger partial charge is 0.506 e. The van der Waals surface area contributed by atoms with E-state index in [0.717, 1.165) is 34.0 Å². The summed E-state index contributed by atoms with van der Waals surface area (Å²) in [7, 11) is 0. The molecule has 2 heterocycles. The van der Waals surface area contributed by atoms with E-state index in [1.165, 1.54) is 0 Å². The van der Waals surface area contributed by atoms with Gasteiger partial charge in [0.05, 0.1) is 17.1 Å². The molecule has 0 amide bonds. The van der Waals surface area contributed by atoms with Crippen molar-refractivity contribution in [2.75, 3.05) is 0 Å². The predicted octanol–water partition coefficient (Wildman–Crippen LogP) is 4.36. The number of hydrogen-bond acceptors (Lipinski definition) is 3. The van der Waals surface area contributed by atoms with Crippen LogP contribution in [0, 0.1) is 20.8 Å². The molecule has 0 saturated heterocycles. The van der Waals surface area contributed by atoms with Crippen molar-refractivity contribution in [1.29, 1.82) is 0 Å². The molecule has 2 aromatic carbocycles. The summed E-state index contributed by atoms with van der Waals surface area (Å²) >= 11 is 0. The molecule has 4 rings (SSSR count). The Balaban J connectivity index is 1.78. The average Bonchev–Trinajstić information content (AvgIpc) is 3.17. The monoisotopic (exact) mass is 344 g/mol. The Morgan fingerprint density at radius 2 is 1.54 bits per heavy atom. The van der Waals surface area contributed by atoms with Gasteiger partial charge in [0.15, 0.2) is 0 Å².